The maximum atomic E-state index is 13.6. The van der Waals surface area contributed by atoms with Gasteiger partial charge in [-0.1, -0.05) is 31.5 Å². The normalized spacial score (nSPS) is 19.4. The molecule has 1 saturated heterocycles. The van der Waals surface area contributed by atoms with Crippen LogP contribution in [0.5, 0.6) is 17.2 Å². The van der Waals surface area contributed by atoms with Crippen LogP contribution in [0.1, 0.15) is 42.6 Å². The van der Waals surface area contributed by atoms with Crippen LogP contribution in [0.3, 0.4) is 0 Å². The van der Waals surface area contributed by atoms with Gasteiger partial charge in [-0.2, -0.15) is 0 Å². The van der Waals surface area contributed by atoms with Crippen molar-refractivity contribution in [3.05, 3.63) is 53.2 Å². The third-order valence-electron chi connectivity index (χ3n) is 6.87. The molecule has 1 aromatic heterocycles. The molecule has 2 aliphatic rings. The number of unbranched alkanes of at least 4 members (excludes halogenated alkanes) is 1. The van der Waals surface area contributed by atoms with E-state index in [1.807, 2.05) is 37.3 Å². The molecule has 3 aromatic rings. The summed E-state index contributed by atoms with van der Waals surface area (Å²) >= 11 is 0. The number of methoxy groups -OCH3 is 3. The molecule has 0 unspecified atom stereocenters. The van der Waals surface area contributed by atoms with Crippen LogP contribution in [-0.4, -0.2) is 60.6 Å². The number of amides is 3. The van der Waals surface area contributed by atoms with Crippen molar-refractivity contribution in [2.45, 2.75) is 38.3 Å². The predicted octanol–water partition coefficient (Wildman–Crippen LogP) is 4.27. The highest BCUT2D eigenvalue weighted by molar-refractivity contribution is 6.05. The first-order chi connectivity index (χ1) is 16.5. The second-order valence-corrected chi connectivity index (χ2v) is 8.68. The lowest BCUT2D eigenvalue weighted by atomic mass is 9.88. The number of hydrogen-bond donors (Lipinski definition) is 1. The lowest BCUT2D eigenvalue weighted by molar-refractivity contribution is -0.128. The summed E-state index contributed by atoms with van der Waals surface area (Å²) in [5, 5.41) is 1.07. The van der Waals surface area contributed by atoms with Crippen LogP contribution in [0, 0.1) is 0 Å². The number of fused-ring (bicyclic) bond motifs is 4. The Morgan fingerprint density at radius 2 is 1.74 bits per heavy atom. The van der Waals surface area contributed by atoms with Crippen LogP contribution in [-0.2, 0) is 11.2 Å². The third kappa shape index (κ3) is 3.20. The van der Waals surface area contributed by atoms with Gasteiger partial charge >= 0.3 is 6.03 Å². The van der Waals surface area contributed by atoms with Crippen molar-refractivity contribution >= 4 is 22.8 Å². The molecular weight excluding hydrogens is 434 g/mol. The van der Waals surface area contributed by atoms with Crippen molar-refractivity contribution < 1.29 is 23.8 Å². The summed E-state index contributed by atoms with van der Waals surface area (Å²) < 4.78 is 16.7. The van der Waals surface area contributed by atoms with Gasteiger partial charge in [-0.15, -0.1) is 0 Å². The lowest BCUT2D eigenvalue weighted by Crippen LogP contribution is -2.44. The number of H-pyrrole nitrogens is 1. The van der Waals surface area contributed by atoms with E-state index in [4.69, 9.17) is 14.2 Å². The van der Waals surface area contributed by atoms with Gasteiger partial charge in [-0.3, -0.25) is 14.6 Å². The highest BCUT2D eigenvalue weighted by atomic mass is 16.5. The van der Waals surface area contributed by atoms with Gasteiger partial charge in [-0.25, -0.2) is 4.79 Å². The maximum absolute atomic E-state index is 13.6. The molecule has 5 rings (SSSR count). The van der Waals surface area contributed by atoms with Crippen molar-refractivity contribution in [1.82, 2.24) is 14.8 Å². The minimum atomic E-state index is -0.555. The first-order valence-corrected chi connectivity index (χ1v) is 11.6. The fraction of sp³-hybridized carbons (Fsp3) is 0.385. The number of rotatable bonds is 7. The van der Waals surface area contributed by atoms with Gasteiger partial charge in [0.05, 0.1) is 21.3 Å². The van der Waals surface area contributed by atoms with E-state index in [1.54, 1.807) is 26.2 Å². The van der Waals surface area contributed by atoms with E-state index >= 15 is 0 Å². The number of para-hydroxylation sites is 1. The van der Waals surface area contributed by atoms with Crippen molar-refractivity contribution in [2.75, 3.05) is 27.9 Å². The average Bonchev–Trinajstić information content (AvgIpc) is 3.35. The van der Waals surface area contributed by atoms with Crippen LogP contribution < -0.4 is 14.2 Å². The number of carbonyl (C=O) groups excluding carboxylic acids is 2. The quantitative estimate of drug-likeness (QED) is 0.529. The summed E-state index contributed by atoms with van der Waals surface area (Å²) in [6.45, 7) is 2.48. The highest BCUT2D eigenvalue weighted by Gasteiger charge is 2.52. The summed E-state index contributed by atoms with van der Waals surface area (Å²) in [4.78, 5) is 33.7. The smallest absolute Gasteiger partial charge is 0.328 e. The number of nitrogens with zero attached hydrogens (tertiary/aromatic N) is 2. The van der Waals surface area contributed by atoms with Crippen LogP contribution in [0.15, 0.2) is 36.4 Å². The molecular formula is C26H29N3O5. The molecule has 8 heteroatoms. The number of hydrogen-bond acceptors (Lipinski definition) is 5. The molecule has 0 spiro atoms. The van der Waals surface area contributed by atoms with Gasteiger partial charge in [0.2, 0.25) is 5.75 Å². The van der Waals surface area contributed by atoms with Gasteiger partial charge < -0.3 is 19.2 Å². The minimum absolute atomic E-state index is 0.133. The van der Waals surface area contributed by atoms with Gasteiger partial charge in [0.15, 0.2) is 11.5 Å². The Bertz CT molecular complexity index is 1240. The summed E-state index contributed by atoms with van der Waals surface area (Å²) in [6.07, 6.45) is 2.16. The monoisotopic (exact) mass is 463 g/mol. The predicted molar refractivity (Wildman–Crippen MR) is 128 cm³/mol. The van der Waals surface area contributed by atoms with Gasteiger partial charge in [0, 0.05) is 29.6 Å². The molecule has 8 nitrogen and oxygen atoms in total. The molecule has 0 saturated carbocycles. The molecule has 2 atom stereocenters. The Labute approximate surface area is 198 Å². The zero-order valence-corrected chi connectivity index (χ0v) is 19.9. The standard InChI is InChI=1S/C26H29N3O5/c1-5-6-11-28-25(30)19-14-17-16-9-7-8-10-18(16)27-22(17)23(29(19)26(28)31)15-12-20(32-2)24(34-4)21(13-15)33-3/h7-10,12-13,19,23,27H,5-6,11,14H2,1-4H3/t19-,23-/m0/s1. The largest absolute Gasteiger partial charge is 0.493 e. The molecule has 0 aliphatic carbocycles. The van der Waals surface area contributed by atoms with E-state index in [9.17, 15) is 9.59 Å². The molecule has 1 N–H and O–H groups in total. The van der Waals surface area contributed by atoms with Crippen molar-refractivity contribution in [3.63, 3.8) is 0 Å². The molecule has 3 amide bonds. The van der Waals surface area contributed by atoms with Crippen molar-refractivity contribution in [2.24, 2.45) is 0 Å². The van der Waals surface area contributed by atoms with E-state index in [2.05, 4.69) is 11.1 Å². The number of aromatic nitrogens is 1. The summed E-state index contributed by atoms with van der Waals surface area (Å²) in [5.41, 5.74) is 3.73. The third-order valence-corrected chi connectivity index (χ3v) is 6.87. The molecule has 2 aliphatic heterocycles. The number of imide groups is 1. The molecule has 178 valence electrons. The van der Waals surface area contributed by atoms with Crippen LogP contribution >= 0.6 is 0 Å². The Hall–Kier alpha value is -3.68. The zero-order valence-electron chi connectivity index (χ0n) is 19.9. The Morgan fingerprint density at radius 1 is 1.03 bits per heavy atom. The summed E-state index contributed by atoms with van der Waals surface area (Å²) in [7, 11) is 4.69. The van der Waals surface area contributed by atoms with Crippen molar-refractivity contribution in [3.8, 4) is 17.2 Å². The van der Waals surface area contributed by atoms with E-state index in [0.29, 0.717) is 30.2 Å². The molecule has 3 heterocycles. The van der Waals surface area contributed by atoms with Crippen LogP contribution in [0.2, 0.25) is 0 Å². The van der Waals surface area contributed by atoms with Gasteiger partial charge in [0.1, 0.15) is 12.1 Å². The maximum Gasteiger partial charge on any atom is 0.328 e. The van der Waals surface area contributed by atoms with E-state index in [-0.39, 0.29) is 11.9 Å². The Balaban J connectivity index is 1.72. The van der Waals surface area contributed by atoms with E-state index < -0.39 is 12.1 Å². The molecule has 0 bridgehead atoms. The number of ether oxygens (including phenoxy) is 3. The topological polar surface area (TPSA) is 84.1 Å². The number of carbonyl (C=O) groups is 2. The summed E-state index contributed by atoms with van der Waals surface area (Å²) in [5.74, 6) is 1.34. The zero-order chi connectivity index (χ0) is 24.0. The van der Waals surface area contributed by atoms with E-state index in [0.717, 1.165) is 40.6 Å². The van der Waals surface area contributed by atoms with Gasteiger partial charge in [-0.05, 0) is 35.7 Å². The fourth-order valence-electron chi connectivity index (χ4n) is 5.26. The van der Waals surface area contributed by atoms with Crippen molar-refractivity contribution in [1.29, 1.82) is 0 Å². The minimum Gasteiger partial charge on any atom is -0.493 e. The second-order valence-electron chi connectivity index (χ2n) is 8.68. The number of aromatic amines is 1. The Morgan fingerprint density at radius 3 is 2.38 bits per heavy atom. The van der Waals surface area contributed by atoms with E-state index in [1.165, 1.54) is 4.90 Å². The molecule has 1 fully saturated rings. The average molecular weight is 464 g/mol. The Kier molecular flexibility index (Phi) is 5.59. The van der Waals surface area contributed by atoms with Crippen LogP contribution in [0.25, 0.3) is 10.9 Å². The fourth-order valence-corrected chi connectivity index (χ4v) is 5.26. The molecule has 2 aromatic carbocycles. The number of nitrogens with one attached hydrogen (secondary N) is 1. The first kappa shape index (κ1) is 22.1. The molecule has 0 radical (unpaired) electrons. The highest BCUT2D eigenvalue weighted by Crippen LogP contribution is 2.47. The molecule has 34 heavy (non-hydrogen) atoms. The SMILES string of the molecule is CCCCN1C(=O)[C@@H]2Cc3c([nH]c4ccccc34)[C@H](c3cc(OC)c(OC)c(OC)c3)N2C1=O. The summed E-state index contributed by atoms with van der Waals surface area (Å²) in [6, 6.07) is 10.4. The lowest BCUT2D eigenvalue weighted by Gasteiger charge is -2.36. The first-order valence-electron chi connectivity index (χ1n) is 11.6. The number of benzene rings is 2. The number of urea groups is 1. The second kappa shape index (κ2) is 8.59. The van der Waals surface area contributed by atoms with Gasteiger partial charge in [0.25, 0.3) is 5.91 Å². The van der Waals surface area contributed by atoms with Crippen LogP contribution in [0.4, 0.5) is 4.79 Å².